The van der Waals surface area contributed by atoms with Gasteiger partial charge in [-0.25, -0.2) is 18.7 Å². The average Bonchev–Trinajstić information content (AvgIpc) is 3.17. The highest BCUT2D eigenvalue weighted by molar-refractivity contribution is 5.72. The summed E-state index contributed by atoms with van der Waals surface area (Å²) >= 11 is 0. The van der Waals surface area contributed by atoms with E-state index < -0.39 is 11.2 Å². The first-order chi connectivity index (χ1) is 14.4. The van der Waals surface area contributed by atoms with Gasteiger partial charge in [0.2, 0.25) is 0 Å². The van der Waals surface area contributed by atoms with Gasteiger partial charge in [-0.1, -0.05) is 38.1 Å². The topological polar surface area (TPSA) is 61.8 Å². The van der Waals surface area contributed by atoms with E-state index in [1.54, 1.807) is 23.0 Å². The van der Waals surface area contributed by atoms with Gasteiger partial charge < -0.3 is 4.57 Å². The predicted molar refractivity (Wildman–Crippen MR) is 115 cm³/mol. The quantitative estimate of drug-likeness (QED) is 0.508. The molecule has 154 valence electrons. The fourth-order valence-electron chi connectivity index (χ4n) is 3.57. The number of rotatable bonds is 5. The van der Waals surface area contributed by atoms with Gasteiger partial charge in [-0.2, -0.15) is 0 Å². The van der Waals surface area contributed by atoms with Crippen LogP contribution in [0.25, 0.3) is 16.9 Å². The molecule has 30 heavy (non-hydrogen) atoms. The second-order valence-corrected chi connectivity index (χ2v) is 7.58. The number of hydrogen-bond donors (Lipinski definition) is 0. The fourth-order valence-corrected chi connectivity index (χ4v) is 3.57. The van der Waals surface area contributed by atoms with E-state index in [1.165, 1.54) is 21.3 Å². The van der Waals surface area contributed by atoms with E-state index in [0.29, 0.717) is 34.9 Å². The van der Waals surface area contributed by atoms with Crippen LogP contribution in [0.2, 0.25) is 0 Å². The molecule has 2 aromatic heterocycles. The number of aryl methyl sites for hydroxylation is 1. The van der Waals surface area contributed by atoms with Gasteiger partial charge in [0, 0.05) is 6.54 Å². The van der Waals surface area contributed by atoms with Crippen molar-refractivity contribution in [1.29, 1.82) is 0 Å². The van der Waals surface area contributed by atoms with Crippen LogP contribution in [-0.4, -0.2) is 18.7 Å². The van der Waals surface area contributed by atoms with Crippen LogP contribution in [0.5, 0.6) is 0 Å². The fraction of sp³-hybridized carbons (Fsp3) is 0.261. The van der Waals surface area contributed by atoms with Crippen LogP contribution >= 0.6 is 0 Å². The average molecular weight is 406 g/mol. The van der Waals surface area contributed by atoms with Gasteiger partial charge in [-0.3, -0.25) is 9.36 Å². The van der Waals surface area contributed by atoms with E-state index in [-0.39, 0.29) is 12.4 Å². The van der Waals surface area contributed by atoms with Crippen molar-refractivity contribution in [2.45, 2.75) is 39.8 Å². The minimum atomic E-state index is -0.476. The summed E-state index contributed by atoms with van der Waals surface area (Å²) < 4.78 is 17.7. The first-order valence-corrected chi connectivity index (χ1v) is 9.96. The molecule has 0 saturated heterocycles. The molecule has 2 heterocycles. The second-order valence-electron chi connectivity index (χ2n) is 7.58. The largest absolute Gasteiger partial charge is 0.337 e. The third kappa shape index (κ3) is 3.36. The molecule has 0 bridgehead atoms. The maximum atomic E-state index is 13.4. The van der Waals surface area contributed by atoms with Gasteiger partial charge in [0.1, 0.15) is 5.82 Å². The molecule has 0 aliphatic rings. The molecule has 0 fully saturated rings. The van der Waals surface area contributed by atoms with Gasteiger partial charge in [-0.15, -0.1) is 0 Å². The number of fused-ring (bicyclic) bond motifs is 1. The molecule has 2 aromatic carbocycles. The molecule has 0 unspecified atom stereocenters. The van der Waals surface area contributed by atoms with Crippen LogP contribution in [-0.2, 0) is 13.1 Å². The summed E-state index contributed by atoms with van der Waals surface area (Å²) in [4.78, 5) is 31.0. The van der Waals surface area contributed by atoms with Crippen molar-refractivity contribution in [3.63, 3.8) is 0 Å². The molecule has 0 aliphatic heterocycles. The van der Waals surface area contributed by atoms with E-state index in [2.05, 4.69) is 18.8 Å². The van der Waals surface area contributed by atoms with Crippen molar-refractivity contribution in [3.05, 3.63) is 92.6 Å². The zero-order valence-corrected chi connectivity index (χ0v) is 17.2. The number of aromatic nitrogens is 4. The second kappa shape index (κ2) is 7.74. The summed E-state index contributed by atoms with van der Waals surface area (Å²) in [5, 5.41) is 0. The van der Waals surface area contributed by atoms with E-state index >= 15 is 0 Å². The van der Waals surface area contributed by atoms with Crippen molar-refractivity contribution >= 4 is 11.2 Å². The molecule has 0 N–H and O–H groups in total. The van der Waals surface area contributed by atoms with E-state index in [4.69, 9.17) is 0 Å². The van der Waals surface area contributed by atoms with E-state index in [0.717, 1.165) is 5.56 Å². The highest BCUT2D eigenvalue weighted by Gasteiger charge is 2.19. The molecule has 0 spiro atoms. The Bertz CT molecular complexity index is 1310. The Kier molecular flexibility index (Phi) is 5.11. The summed E-state index contributed by atoms with van der Waals surface area (Å²) in [5.74, 6) is -0.00391. The first kappa shape index (κ1) is 19.8. The number of benzene rings is 2. The van der Waals surface area contributed by atoms with Crippen LogP contribution < -0.4 is 11.2 Å². The smallest absolute Gasteiger partial charge is 0.325 e. The lowest BCUT2D eigenvalue weighted by Crippen LogP contribution is -2.40. The maximum Gasteiger partial charge on any atom is 0.337 e. The third-order valence-corrected chi connectivity index (χ3v) is 5.31. The van der Waals surface area contributed by atoms with Crippen molar-refractivity contribution in [2.75, 3.05) is 0 Å². The first-order valence-electron chi connectivity index (χ1n) is 9.96. The van der Waals surface area contributed by atoms with Crippen molar-refractivity contribution in [2.24, 2.45) is 0 Å². The van der Waals surface area contributed by atoms with E-state index in [1.807, 2.05) is 31.2 Å². The summed E-state index contributed by atoms with van der Waals surface area (Å²) in [5.41, 5.74) is 2.28. The Morgan fingerprint density at radius 1 is 1.00 bits per heavy atom. The van der Waals surface area contributed by atoms with Gasteiger partial charge in [0.05, 0.1) is 18.6 Å². The Hall–Kier alpha value is -3.48. The summed E-state index contributed by atoms with van der Waals surface area (Å²) in [7, 11) is 0. The van der Waals surface area contributed by atoms with Crippen LogP contribution in [0.4, 0.5) is 4.39 Å². The van der Waals surface area contributed by atoms with Crippen LogP contribution in [0.15, 0.2) is 64.4 Å². The van der Waals surface area contributed by atoms with E-state index in [9.17, 15) is 14.0 Å². The maximum absolute atomic E-state index is 13.4. The highest BCUT2D eigenvalue weighted by atomic mass is 19.1. The lowest BCUT2D eigenvalue weighted by Gasteiger charge is -2.13. The molecule has 0 aliphatic carbocycles. The molecular formula is C23H23FN4O2. The van der Waals surface area contributed by atoms with Gasteiger partial charge in [0.15, 0.2) is 11.2 Å². The Morgan fingerprint density at radius 2 is 1.67 bits per heavy atom. The van der Waals surface area contributed by atoms with Crippen LogP contribution in [0.1, 0.15) is 37.8 Å². The molecule has 0 radical (unpaired) electrons. The monoisotopic (exact) mass is 406 g/mol. The summed E-state index contributed by atoms with van der Waals surface area (Å²) in [6, 6.07) is 13.5. The molecule has 0 amide bonds. The Labute approximate surface area is 172 Å². The molecule has 6 nitrogen and oxygen atoms in total. The number of hydrogen-bond acceptors (Lipinski definition) is 3. The molecular weight excluding hydrogens is 383 g/mol. The summed E-state index contributed by atoms with van der Waals surface area (Å²) in [6.07, 6.45) is 1.58. The van der Waals surface area contributed by atoms with Crippen LogP contribution in [0, 0.1) is 5.82 Å². The van der Waals surface area contributed by atoms with Crippen LogP contribution in [0.3, 0.4) is 0 Å². The van der Waals surface area contributed by atoms with Gasteiger partial charge in [0.25, 0.3) is 5.56 Å². The van der Waals surface area contributed by atoms with Crippen molar-refractivity contribution in [3.8, 4) is 5.69 Å². The zero-order valence-electron chi connectivity index (χ0n) is 17.2. The van der Waals surface area contributed by atoms with Crippen molar-refractivity contribution < 1.29 is 4.39 Å². The Morgan fingerprint density at radius 3 is 2.27 bits per heavy atom. The SMILES string of the molecule is CCn1cnc2c1c(=O)n(Cc1ccc(F)cc1)c(=O)n2-c1ccc(C(C)C)cc1. The minimum absolute atomic E-state index is 0.0485. The van der Waals surface area contributed by atoms with Gasteiger partial charge in [-0.05, 0) is 48.2 Å². The minimum Gasteiger partial charge on any atom is -0.325 e. The predicted octanol–water partition coefficient (Wildman–Crippen LogP) is 3.68. The molecule has 0 atom stereocenters. The lowest BCUT2D eigenvalue weighted by atomic mass is 10.0. The molecule has 7 heteroatoms. The Balaban J connectivity index is 1.97. The van der Waals surface area contributed by atoms with Crippen molar-refractivity contribution in [1.82, 2.24) is 18.7 Å². The van der Waals surface area contributed by atoms with Gasteiger partial charge >= 0.3 is 5.69 Å². The third-order valence-electron chi connectivity index (χ3n) is 5.31. The standard InChI is InChI=1S/C23H23FN4O2/c1-4-26-14-25-21-20(26)22(29)27(13-16-5-9-18(24)10-6-16)23(30)28(21)19-11-7-17(8-12-19)15(2)3/h5-12,14-15H,4,13H2,1-3H3. The zero-order chi connectivity index (χ0) is 21.4. The number of imidazole rings is 1. The summed E-state index contributed by atoms with van der Waals surface area (Å²) in [6.45, 7) is 6.72. The number of nitrogens with zero attached hydrogens (tertiary/aromatic N) is 4. The molecule has 4 rings (SSSR count). The molecule has 4 aromatic rings. The number of halogens is 1. The lowest BCUT2D eigenvalue weighted by molar-refractivity contribution is 0.624. The highest BCUT2D eigenvalue weighted by Crippen LogP contribution is 2.18. The molecule has 0 saturated carbocycles. The normalized spacial score (nSPS) is 11.5.